The van der Waals surface area contributed by atoms with Crippen LogP contribution in [0.1, 0.15) is 5.56 Å². The highest BCUT2D eigenvalue weighted by molar-refractivity contribution is 6.30. The van der Waals surface area contributed by atoms with Gasteiger partial charge in [-0.3, -0.25) is 10.1 Å². The van der Waals surface area contributed by atoms with Gasteiger partial charge in [0, 0.05) is 16.7 Å². The number of hydrogen-bond acceptors (Lipinski definition) is 4. The molecule has 20 heavy (non-hydrogen) atoms. The van der Waals surface area contributed by atoms with Crippen LogP contribution in [0.25, 0.3) is 0 Å². The summed E-state index contributed by atoms with van der Waals surface area (Å²) < 4.78 is 19.0. The van der Waals surface area contributed by atoms with E-state index in [4.69, 9.17) is 16.3 Å². The zero-order chi connectivity index (χ0) is 14.7. The van der Waals surface area contributed by atoms with Crippen molar-refractivity contribution < 1.29 is 19.2 Å². The summed E-state index contributed by atoms with van der Waals surface area (Å²) in [5.41, 5.74) is -0.166. The van der Waals surface area contributed by atoms with Crippen molar-refractivity contribution in [1.82, 2.24) is 0 Å². The molecule has 2 rings (SSSR count). The summed E-state index contributed by atoms with van der Waals surface area (Å²) in [4.78, 5) is 10.1. The van der Waals surface area contributed by atoms with Crippen LogP contribution in [-0.2, 0) is 6.61 Å². The highest BCUT2D eigenvalue weighted by Crippen LogP contribution is 2.36. The SMILES string of the molecule is O=[N+]([O-])c1cccc(F)c1Oc1cc(Cl)ccc1CO. The number of rotatable bonds is 4. The number of halogens is 2. The lowest BCUT2D eigenvalue weighted by molar-refractivity contribution is -0.385. The lowest BCUT2D eigenvalue weighted by atomic mass is 10.2. The second-order valence-corrected chi connectivity index (χ2v) is 4.29. The molecule has 0 aliphatic carbocycles. The molecule has 2 aromatic rings. The predicted octanol–water partition coefficient (Wildman–Crippen LogP) is 3.67. The molecule has 0 amide bonds. The fourth-order valence-corrected chi connectivity index (χ4v) is 1.77. The minimum Gasteiger partial charge on any atom is -0.447 e. The number of nitrogens with zero attached hydrogens (tertiary/aromatic N) is 1. The van der Waals surface area contributed by atoms with E-state index in [1.54, 1.807) is 0 Å². The van der Waals surface area contributed by atoms with E-state index >= 15 is 0 Å². The summed E-state index contributed by atoms with van der Waals surface area (Å²) in [6.45, 7) is -0.366. The Bertz CT molecular complexity index is 663. The Hall–Kier alpha value is -2.18. The first-order valence-corrected chi connectivity index (χ1v) is 5.90. The van der Waals surface area contributed by atoms with Gasteiger partial charge in [-0.1, -0.05) is 23.7 Å². The highest BCUT2D eigenvalue weighted by atomic mass is 35.5. The average Bonchev–Trinajstić information content (AvgIpc) is 2.41. The van der Waals surface area contributed by atoms with Crippen molar-refractivity contribution in [2.45, 2.75) is 6.61 Å². The van der Waals surface area contributed by atoms with Crippen molar-refractivity contribution >= 4 is 17.3 Å². The highest BCUT2D eigenvalue weighted by Gasteiger charge is 2.21. The van der Waals surface area contributed by atoms with Gasteiger partial charge in [-0.25, -0.2) is 4.39 Å². The van der Waals surface area contributed by atoms with Crippen LogP contribution in [0.15, 0.2) is 36.4 Å². The van der Waals surface area contributed by atoms with Crippen LogP contribution in [0.5, 0.6) is 11.5 Å². The summed E-state index contributed by atoms with van der Waals surface area (Å²) in [6.07, 6.45) is 0. The fraction of sp³-hybridized carbons (Fsp3) is 0.0769. The third kappa shape index (κ3) is 2.87. The maximum atomic E-state index is 13.7. The molecule has 0 aliphatic heterocycles. The molecule has 0 heterocycles. The van der Waals surface area contributed by atoms with E-state index < -0.39 is 22.2 Å². The lowest BCUT2D eigenvalue weighted by Gasteiger charge is -2.11. The first-order valence-electron chi connectivity index (χ1n) is 5.53. The summed E-state index contributed by atoms with van der Waals surface area (Å²) in [7, 11) is 0. The molecule has 5 nitrogen and oxygen atoms in total. The van der Waals surface area contributed by atoms with Gasteiger partial charge in [0.25, 0.3) is 0 Å². The van der Waals surface area contributed by atoms with E-state index in [9.17, 15) is 19.6 Å². The third-order valence-electron chi connectivity index (χ3n) is 2.55. The predicted molar refractivity (Wildman–Crippen MR) is 70.5 cm³/mol. The van der Waals surface area contributed by atoms with Crippen LogP contribution in [0, 0.1) is 15.9 Å². The summed E-state index contributed by atoms with van der Waals surface area (Å²) >= 11 is 5.79. The summed E-state index contributed by atoms with van der Waals surface area (Å²) in [5.74, 6) is -1.33. The van der Waals surface area contributed by atoms with Crippen LogP contribution < -0.4 is 4.74 Å². The van der Waals surface area contributed by atoms with Crippen LogP contribution in [0.2, 0.25) is 5.02 Å². The number of nitro benzene ring substituents is 1. The molecule has 0 radical (unpaired) electrons. The van der Waals surface area contributed by atoms with Gasteiger partial charge in [-0.15, -0.1) is 0 Å². The Morgan fingerprint density at radius 3 is 2.75 bits per heavy atom. The van der Waals surface area contributed by atoms with Crippen LogP contribution >= 0.6 is 11.6 Å². The third-order valence-corrected chi connectivity index (χ3v) is 2.79. The molecule has 7 heteroatoms. The Morgan fingerprint density at radius 2 is 2.10 bits per heavy atom. The van der Waals surface area contributed by atoms with Crippen LogP contribution in [0.4, 0.5) is 10.1 Å². The minimum absolute atomic E-state index is 0.0631. The fourth-order valence-electron chi connectivity index (χ4n) is 1.61. The van der Waals surface area contributed by atoms with Crippen LogP contribution in [-0.4, -0.2) is 10.0 Å². The van der Waals surface area contributed by atoms with Gasteiger partial charge in [0.05, 0.1) is 11.5 Å². The average molecular weight is 298 g/mol. The quantitative estimate of drug-likeness (QED) is 0.690. The number of para-hydroxylation sites is 1. The molecule has 0 unspecified atom stereocenters. The normalized spacial score (nSPS) is 10.3. The molecule has 2 aromatic carbocycles. The second-order valence-electron chi connectivity index (χ2n) is 3.86. The van der Waals surface area contributed by atoms with E-state index in [1.807, 2.05) is 0 Å². The minimum atomic E-state index is -0.872. The largest absolute Gasteiger partial charge is 0.447 e. The van der Waals surface area contributed by atoms with Gasteiger partial charge in [0.2, 0.25) is 5.75 Å². The Morgan fingerprint density at radius 1 is 1.35 bits per heavy atom. The molecule has 0 spiro atoms. The Balaban J connectivity index is 2.50. The zero-order valence-corrected chi connectivity index (χ0v) is 10.8. The number of nitro groups is 1. The van der Waals surface area contributed by atoms with Gasteiger partial charge >= 0.3 is 5.69 Å². The standard InChI is InChI=1S/C13H9ClFNO4/c14-9-5-4-8(7-17)12(6-9)20-13-10(15)2-1-3-11(13)16(18)19/h1-6,17H,7H2. The van der Waals surface area contributed by atoms with Gasteiger partial charge in [-0.2, -0.15) is 0 Å². The van der Waals surface area contributed by atoms with Gasteiger partial charge in [0.1, 0.15) is 5.75 Å². The van der Waals surface area contributed by atoms with Gasteiger partial charge in [-0.05, 0) is 18.2 Å². The van der Waals surface area contributed by atoms with Gasteiger partial charge in [0.15, 0.2) is 5.82 Å². The Kier molecular flexibility index (Phi) is 4.16. The summed E-state index contributed by atoms with van der Waals surface area (Å²) in [6, 6.07) is 7.75. The van der Waals surface area contributed by atoms with Crippen molar-refractivity contribution in [1.29, 1.82) is 0 Å². The van der Waals surface area contributed by atoms with Crippen molar-refractivity contribution in [3.63, 3.8) is 0 Å². The topological polar surface area (TPSA) is 72.6 Å². The zero-order valence-electron chi connectivity index (χ0n) is 10.0. The smallest absolute Gasteiger partial charge is 0.314 e. The molecule has 0 saturated carbocycles. The molecule has 0 saturated heterocycles. The molecule has 104 valence electrons. The van der Waals surface area contributed by atoms with Crippen molar-refractivity contribution in [2.24, 2.45) is 0 Å². The van der Waals surface area contributed by atoms with Crippen molar-refractivity contribution in [2.75, 3.05) is 0 Å². The number of hydrogen-bond donors (Lipinski definition) is 1. The van der Waals surface area contributed by atoms with Crippen LogP contribution in [0.3, 0.4) is 0 Å². The molecular formula is C13H9ClFNO4. The molecule has 0 fully saturated rings. The number of aliphatic hydroxyl groups is 1. The van der Waals surface area contributed by atoms with E-state index in [0.29, 0.717) is 10.6 Å². The number of aliphatic hydroxyl groups excluding tert-OH is 1. The maximum absolute atomic E-state index is 13.7. The monoisotopic (exact) mass is 297 g/mol. The number of benzene rings is 2. The molecular weight excluding hydrogens is 289 g/mol. The van der Waals surface area contributed by atoms with E-state index in [2.05, 4.69) is 0 Å². The van der Waals surface area contributed by atoms with E-state index in [1.165, 1.54) is 24.3 Å². The van der Waals surface area contributed by atoms with Crippen molar-refractivity contribution in [3.05, 3.63) is 62.9 Å². The molecule has 0 atom stereocenters. The van der Waals surface area contributed by atoms with Crippen molar-refractivity contribution in [3.8, 4) is 11.5 Å². The van der Waals surface area contributed by atoms with Gasteiger partial charge < -0.3 is 9.84 Å². The molecule has 0 bridgehead atoms. The maximum Gasteiger partial charge on any atom is 0.314 e. The lowest BCUT2D eigenvalue weighted by Crippen LogP contribution is -1.98. The first-order chi connectivity index (χ1) is 9.52. The molecule has 1 N–H and O–H groups in total. The first kappa shape index (κ1) is 14.2. The molecule has 0 aliphatic rings. The van der Waals surface area contributed by atoms with E-state index in [-0.39, 0.29) is 12.4 Å². The van der Waals surface area contributed by atoms with E-state index in [0.717, 1.165) is 12.1 Å². The molecule has 0 aromatic heterocycles. The summed E-state index contributed by atoms with van der Waals surface area (Å²) in [5, 5.41) is 20.4. The second kappa shape index (κ2) is 5.85. The number of ether oxygens (including phenoxy) is 1. The Labute approximate surface area is 118 Å².